The molecule has 0 saturated heterocycles. The summed E-state index contributed by atoms with van der Waals surface area (Å²) in [5.74, 6) is -0.507. The van der Waals surface area contributed by atoms with Crippen LogP contribution in [0.2, 0.25) is 0 Å². The molecule has 0 aliphatic rings. The van der Waals surface area contributed by atoms with Crippen LogP contribution in [-0.4, -0.2) is 96.7 Å². The molecule has 3 N–H and O–H groups in total. The van der Waals surface area contributed by atoms with E-state index < -0.39 is 97.5 Å². The van der Waals surface area contributed by atoms with Crippen LogP contribution in [0.5, 0.6) is 0 Å². The second kappa shape index (κ2) is 76.4. The van der Waals surface area contributed by atoms with E-state index in [-0.39, 0.29) is 25.7 Å². The van der Waals surface area contributed by atoms with Crippen LogP contribution < -0.4 is 0 Å². The van der Waals surface area contributed by atoms with Crippen LogP contribution in [0.25, 0.3) is 0 Å². The minimum atomic E-state index is -4.96. The van der Waals surface area contributed by atoms with Crippen molar-refractivity contribution in [2.75, 3.05) is 39.6 Å². The summed E-state index contributed by atoms with van der Waals surface area (Å²) in [7, 11) is -9.92. The van der Waals surface area contributed by atoms with E-state index in [0.717, 1.165) is 102 Å². The topological polar surface area (TPSA) is 237 Å². The first-order valence-electron chi connectivity index (χ1n) is 44.0. The summed E-state index contributed by atoms with van der Waals surface area (Å²) in [5.41, 5.74) is 0. The van der Waals surface area contributed by atoms with Crippen LogP contribution in [-0.2, 0) is 65.4 Å². The summed E-state index contributed by atoms with van der Waals surface area (Å²) in [5, 5.41) is 10.7. The number of ether oxygens (including phenoxy) is 4. The highest BCUT2D eigenvalue weighted by molar-refractivity contribution is 7.47. The van der Waals surface area contributed by atoms with Crippen LogP contribution >= 0.6 is 15.6 Å². The maximum atomic E-state index is 13.1. The van der Waals surface area contributed by atoms with Gasteiger partial charge in [0.2, 0.25) is 0 Å². The SMILES string of the molecule is CCCCCCCCCCCCCCCCCCCCCC(=O)OC[C@H](COP(=O)(O)OC[C@@H](O)COP(=O)(O)OC[C@@H](COC(=O)CCCCCCCCCCC)OC(=O)CCCCCCCCCCCCCCC(C)C)OC(=O)CCCCCCCCCCCCCCCCCCCCC(C)C. The Morgan fingerprint density at radius 1 is 0.260 bits per heavy atom. The number of esters is 4. The first-order valence-corrected chi connectivity index (χ1v) is 47.0. The molecular formula is C85H166O17P2. The Kier molecular flexibility index (Phi) is 75.0. The monoisotopic (exact) mass is 1520 g/mol. The minimum absolute atomic E-state index is 0.107. The third kappa shape index (κ3) is 78.2. The largest absolute Gasteiger partial charge is 0.472 e. The molecule has 0 saturated carbocycles. The predicted octanol–water partition coefficient (Wildman–Crippen LogP) is 25.8. The summed E-state index contributed by atoms with van der Waals surface area (Å²) in [6.45, 7) is 9.69. The van der Waals surface area contributed by atoms with Crippen LogP contribution in [0.4, 0.5) is 0 Å². The van der Waals surface area contributed by atoms with Gasteiger partial charge in [0.1, 0.15) is 19.3 Å². The highest BCUT2D eigenvalue weighted by Gasteiger charge is 2.30. The van der Waals surface area contributed by atoms with E-state index in [1.807, 2.05) is 0 Å². The van der Waals surface area contributed by atoms with E-state index in [1.165, 1.54) is 270 Å². The van der Waals surface area contributed by atoms with Crippen molar-refractivity contribution in [1.82, 2.24) is 0 Å². The fourth-order valence-corrected chi connectivity index (χ4v) is 14.8. The average Bonchev–Trinajstić information content (AvgIpc) is 0.907. The Balaban J connectivity index is 5.21. The summed E-state index contributed by atoms with van der Waals surface area (Å²) in [4.78, 5) is 73.1. The molecule has 5 atom stereocenters. The number of phosphoric ester groups is 2. The Bertz CT molecular complexity index is 1990. The molecule has 0 aromatic rings. The lowest BCUT2D eigenvalue weighted by atomic mass is 10.0. The molecule has 618 valence electrons. The van der Waals surface area contributed by atoms with E-state index in [1.54, 1.807) is 0 Å². The molecule has 0 bridgehead atoms. The van der Waals surface area contributed by atoms with E-state index in [2.05, 4.69) is 41.5 Å². The van der Waals surface area contributed by atoms with Gasteiger partial charge in [-0.2, -0.15) is 0 Å². The zero-order chi connectivity index (χ0) is 76.4. The number of aliphatic hydroxyl groups excluding tert-OH is 1. The number of phosphoric acid groups is 2. The quantitative estimate of drug-likeness (QED) is 0.0222. The van der Waals surface area contributed by atoms with E-state index in [4.69, 9.17) is 37.0 Å². The highest BCUT2D eigenvalue weighted by Crippen LogP contribution is 2.45. The molecule has 19 heteroatoms. The fraction of sp³-hybridized carbons (Fsp3) is 0.953. The third-order valence-corrected chi connectivity index (χ3v) is 21.9. The molecule has 0 rings (SSSR count). The van der Waals surface area contributed by atoms with Crippen molar-refractivity contribution in [3.63, 3.8) is 0 Å². The van der Waals surface area contributed by atoms with Gasteiger partial charge in [0, 0.05) is 25.7 Å². The lowest BCUT2D eigenvalue weighted by molar-refractivity contribution is -0.161. The smallest absolute Gasteiger partial charge is 0.462 e. The van der Waals surface area contributed by atoms with Gasteiger partial charge in [-0.05, 0) is 37.5 Å². The zero-order valence-electron chi connectivity index (χ0n) is 68.3. The normalized spacial score (nSPS) is 13.8. The van der Waals surface area contributed by atoms with Gasteiger partial charge < -0.3 is 33.8 Å². The van der Waals surface area contributed by atoms with Crippen molar-refractivity contribution in [2.24, 2.45) is 11.8 Å². The van der Waals surface area contributed by atoms with Crippen LogP contribution in [0.3, 0.4) is 0 Å². The Labute approximate surface area is 638 Å². The lowest BCUT2D eigenvalue weighted by Gasteiger charge is -2.21. The van der Waals surface area contributed by atoms with Crippen LogP contribution in [0, 0.1) is 11.8 Å². The number of rotatable bonds is 84. The molecule has 0 heterocycles. The molecule has 0 aliphatic carbocycles. The molecular weight excluding hydrogens is 1350 g/mol. The molecule has 0 radical (unpaired) electrons. The molecule has 17 nitrogen and oxygen atoms in total. The van der Waals surface area contributed by atoms with Gasteiger partial charge in [0.05, 0.1) is 26.4 Å². The first-order chi connectivity index (χ1) is 50.4. The summed E-state index contributed by atoms with van der Waals surface area (Å²) in [6, 6.07) is 0. The number of carbonyl (C=O) groups excluding carboxylic acids is 4. The van der Waals surface area contributed by atoms with Crippen molar-refractivity contribution in [3.8, 4) is 0 Å². The second-order valence-corrected chi connectivity index (χ2v) is 34.4. The van der Waals surface area contributed by atoms with Gasteiger partial charge in [-0.3, -0.25) is 37.3 Å². The molecule has 0 aromatic carbocycles. The van der Waals surface area contributed by atoms with Gasteiger partial charge in [-0.25, -0.2) is 9.13 Å². The van der Waals surface area contributed by atoms with Crippen molar-refractivity contribution >= 4 is 39.5 Å². The van der Waals surface area contributed by atoms with Gasteiger partial charge in [-0.15, -0.1) is 0 Å². The highest BCUT2D eigenvalue weighted by atomic mass is 31.2. The Morgan fingerprint density at radius 2 is 0.442 bits per heavy atom. The number of hydrogen-bond acceptors (Lipinski definition) is 15. The third-order valence-electron chi connectivity index (χ3n) is 20.0. The second-order valence-electron chi connectivity index (χ2n) is 31.5. The lowest BCUT2D eigenvalue weighted by Crippen LogP contribution is -2.30. The van der Waals surface area contributed by atoms with Crippen LogP contribution in [0.15, 0.2) is 0 Å². The van der Waals surface area contributed by atoms with Gasteiger partial charge >= 0.3 is 39.5 Å². The number of hydrogen-bond donors (Lipinski definition) is 3. The zero-order valence-corrected chi connectivity index (χ0v) is 70.1. The fourth-order valence-electron chi connectivity index (χ4n) is 13.2. The number of unbranched alkanes of at least 4 members (excludes halogenated alkanes) is 54. The summed E-state index contributed by atoms with van der Waals surface area (Å²) in [6.07, 6.45) is 68.1. The van der Waals surface area contributed by atoms with Crippen molar-refractivity contribution in [2.45, 2.75) is 471 Å². The van der Waals surface area contributed by atoms with Gasteiger partial charge in [0.15, 0.2) is 12.2 Å². The molecule has 0 amide bonds. The van der Waals surface area contributed by atoms with Crippen molar-refractivity contribution in [1.29, 1.82) is 0 Å². The van der Waals surface area contributed by atoms with Crippen LogP contribution in [0.1, 0.15) is 452 Å². The van der Waals surface area contributed by atoms with Crippen molar-refractivity contribution < 1.29 is 80.2 Å². The molecule has 2 unspecified atom stereocenters. The van der Waals surface area contributed by atoms with E-state index >= 15 is 0 Å². The predicted molar refractivity (Wildman–Crippen MR) is 428 cm³/mol. The molecule has 0 spiro atoms. The number of carbonyl (C=O) groups is 4. The molecule has 0 aromatic heterocycles. The van der Waals surface area contributed by atoms with Crippen molar-refractivity contribution in [3.05, 3.63) is 0 Å². The van der Waals surface area contributed by atoms with Gasteiger partial charge in [-0.1, -0.05) is 401 Å². The minimum Gasteiger partial charge on any atom is -0.462 e. The summed E-state index contributed by atoms with van der Waals surface area (Å²) < 4.78 is 68.8. The molecule has 0 aliphatic heterocycles. The number of aliphatic hydroxyl groups is 1. The van der Waals surface area contributed by atoms with E-state index in [0.29, 0.717) is 25.7 Å². The Morgan fingerprint density at radius 3 is 0.654 bits per heavy atom. The summed E-state index contributed by atoms with van der Waals surface area (Å²) >= 11 is 0. The maximum Gasteiger partial charge on any atom is 0.472 e. The molecule has 0 fully saturated rings. The maximum absolute atomic E-state index is 13.1. The van der Waals surface area contributed by atoms with Gasteiger partial charge in [0.25, 0.3) is 0 Å². The molecule has 104 heavy (non-hydrogen) atoms. The Hall–Kier alpha value is -1.94. The first kappa shape index (κ1) is 102. The standard InChI is InChI=1S/C85H166O17P2/c1-7-9-11-13-15-17-18-19-20-21-22-26-29-32-38-44-50-56-62-68-83(88)96-74-81(102-84(89)69-63-57-51-45-39-33-30-27-24-23-25-28-31-36-42-47-53-59-65-77(3)4)76-100-104(93,94)98-72-79(86)71-97-103(91,92)99-75-80(73-95-82(87)67-61-55-49-41-16-14-12-10-8-2)101-85(90)70-64-58-52-46-40-35-34-37-43-48-54-60-66-78(5)6/h77-81,86H,7-76H2,1-6H3,(H,91,92)(H,93,94)/t79-,80+,81+/m0/s1. The van der Waals surface area contributed by atoms with E-state index in [9.17, 15) is 43.2 Å². The average molecular weight is 1520 g/mol.